The van der Waals surface area contributed by atoms with Crippen LogP contribution in [0.2, 0.25) is 0 Å². The summed E-state index contributed by atoms with van der Waals surface area (Å²) < 4.78 is 0. The van der Waals surface area contributed by atoms with Crippen LogP contribution in [-0.2, 0) is 6.42 Å². The Bertz CT molecular complexity index is 460. The molecule has 0 bridgehead atoms. The topological polar surface area (TPSA) is 55.1 Å². The third-order valence-electron chi connectivity index (χ3n) is 4.95. The summed E-state index contributed by atoms with van der Waals surface area (Å²) in [5.41, 5.74) is 7.74. The van der Waals surface area contributed by atoms with Gasteiger partial charge in [-0.05, 0) is 41.5 Å². The van der Waals surface area contributed by atoms with Gasteiger partial charge in [-0.3, -0.25) is 4.79 Å². The molecule has 0 spiro atoms. The van der Waals surface area contributed by atoms with Crippen molar-refractivity contribution in [3.63, 3.8) is 0 Å². The van der Waals surface area contributed by atoms with E-state index < -0.39 is 0 Å². The van der Waals surface area contributed by atoms with E-state index in [-0.39, 0.29) is 22.8 Å². The average molecular weight is 260 g/mol. The molecule has 0 radical (unpaired) electrons. The number of nitrogens with two attached hydrogens (primary N) is 1. The van der Waals surface area contributed by atoms with Gasteiger partial charge < -0.3 is 11.1 Å². The molecular formula is C16H24N2O. The molecule has 2 rings (SSSR count). The van der Waals surface area contributed by atoms with Crippen molar-refractivity contribution in [3.8, 4) is 0 Å². The Morgan fingerprint density at radius 1 is 1.16 bits per heavy atom. The first-order valence-corrected chi connectivity index (χ1v) is 6.90. The normalized spacial score (nSPS) is 20.1. The van der Waals surface area contributed by atoms with Crippen molar-refractivity contribution in [1.82, 2.24) is 5.32 Å². The van der Waals surface area contributed by atoms with E-state index in [1.165, 1.54) is 5.56 Å². The zero-order valence-electron chi connectivity index (χ0n) is 12.3. The largest absolute Gasteiger partial charge is 0.348 e. The summed E-state index contributed by atoms with van der Waals surface area (Å²) in [5, 5.41) is 3.14. The third-order valence-corrected chi connectivity index (χ3v) is 4.95. The van der Waals surface area contributed by atoms with Gasteiger partial charge >= 0.3 is 0 Å². The molecule has 3 nitrogen and oxygen atoms in total. The first-order chi connectivity index (χ1) is 8.80. The van der Waals surface area contributed by atoms with Gasteiger partial charge in [-0.1, -0.05) is 39.8 Å². The lowest BCUT2D eigenvalue weighted by atomic mass is 10.0. The summed E-state index contributed by atoms with van der Waals surface area (Å²) >= 11 is 0. The van der Waals surface area contributed by atoms with Crippen LogP contribution in [0.1, 0.15) is 43.6 Å². The van der Waals surface area contributed by atoms with Crippen LogP contribution in [0.15, 0.2) is 24.3 Å². The Hall–Kier alpha value is -1.35. The lowest BCUT2D eigenvalue weighted by Crippen LogP contribution is -2.29. The fraction of sp³-hybridized carbons (Fsp3) is 0.562. The van der Waals surface area contributed by atoms with Gasteiger partial charge in [-0.25, -0.2) is 0 Å². The van der Waals surface area contributed by atoms with E-state index in [4.69, 9.17) is 5.73 Å². The summed E-state index contributed by atoms with van der Waals surface area (Å²) in [6.45, 7) is 9.42. The molecule has 104 valence electrons. The molecular weight excluding hydrogens is 236 g/mol. The molecule has 0 aliphatic heterocycles. The van der Waals surface area contributed by atoms with Crippen LogP contribution >= 0.6 is 0 Å². The number of nitrogens with one attached hydrogen (secondary N) is 1. The Morgan fingerprint density at radius 2 is 1.68 bits per heavy atom. The van der Waals surface area contributed by atoms with Crippen molar-refractivity contribution >= 4 is 5.91 Å². The highest BCUT2D eigenvalue weighted by atomic mass is 16.1. The van der Waals surface area contributed by atoms with Gasteiger partial charge in [0.25, 0.3) is 5.91 Å². The predicted octanol–water partition coefficient (Wildman–Crippen LogP) is 2.35. The Kier molecular flexibility index (Phi) is 3.43. The monoisotopic (exact) mass is 260 g/mol. The van der Waals surface area contributed by atoms with Crippen LogP contribution in [-0.4, -0.2) is 18.5 Å². The Morgan fingerprint density at radius 3 is 2.11 bits per heavy atom. The van der Waals surface area contributed by atoms with Crippen molar-refractivity contribution in [2.45, 2.75) is 40.2 Å². The van der Waals surface area contributed by atoms with Crippen molar-refractivity contribution in [2.75, 3.05) is 6.54 Å². The molecule has 1 aliphatic carbocycles. The van der Waals surface area contributed by atoms with Crippen molar-refractivity contribution in [1.29, 1.82) is 0 Å². The summed E-state index contributed by atoms with van der Waals surface area (Å²) in [6, 6.07) is 7.96. The highest BCUT2D eigenvalue weighted by Crippen LogP contribution is 2.62. The van der Waals surface area contributed by atoms with Gasteiger partial charge in [0.1, 0.15) is 0 Å². The van der Waals surface area contributed by atoms with Crippen LogP contribution in [0.25, 0.3) is 0 Å². The van der Waals surface area contributed by atoms with Crippen LogP contribution in [0, 0.1) is 10.8 Å². The van der Waals surface area contributed by atoms with E-state index in [1.807, 2.05) is 24.3 Å². The van der Waals surface area contributed by atoms with Crippen molar-refractivity contribution < 1.29 is 4.79 Å². The molecule has 0 saturated heterocycles. The van der Waals surface area contributed by atoms with E-state index in [9.17, 15) is 4.79 Å². The summed E-state index contributed by atoms with van der Waals surface area (Å²) in [5.74, 6) is 0.0166. The van der Waals surface area contributed by atoms with Gasteiger partial charge in [-0.15, -0.1) is 0 Å². The third kappa shape index (κ3) is 2.39. The number of hydrogen-bond acceptors (Lipinski definition) is 2. The molecule has 0 unspecified atom stereocenters. The van der Waals surface area contributed by atoms with Gasteiger partial charge in [0, 0.05) is 11.6 Å². The molecule has 3 N–H and O–H groups in total. The predicted molar refractivity (Wildman–Crippen MR) is 78.0 cm³/mol. The molecule has 0 aromatic heterocycles. The summed E-state index contributed by atoms with van der Waals surface area (Å²) in [4.78, 5) is 12.2. The number of carbonyl (C=O) groups excluding carboxylic acids is 1. The lowest BCUT2D eigenvalue weighted by molar-refractivity contribution is 0.0943. The maximum atomic E-state index is 12.2. The van der Waals surface area contributed by atoms with E-state index >= 15 is 0 Å². The maximum absolute atomic E-state index is 12.2. The molecule has 1 aliphatic rings. The average Bonchev–Trinajstić information content (AvgIpc) is 2.73. The number of hydrogen-bond donors (Lipinski definition) is 2. The molecule has 1 fully saturated rings. The second-order valence-corrected chi connectivity index (χ2v) is 6.59. The van der Waals surface area contributed by atoms with E-state index in [0.29, 0.717) is 6.54 Å². The molecule has 1 aromatic carbocycles. The minimum atomic E-state index is 0.0166. The molecule has 0 heterocycles. The Balaban J connectivity index is 2.02. The SMILES string of the molecule is CC1(C)C(NC(=O)c2ccc(CCN)cc2)C1(C)C. The van der Waals surface area contributed by atoms with Gasteiger partial charge in [0.2, 0.25) is 0 Å². The van der Waals surface area contributed by atoms with Gasteiger partial charge in [0.15, 0.2) is 0 Å². The number of carbonyl (C=O) groups is 1. The molecule has 1 aromatic rings. The second kappa shape index (κ2) is 4.64. The lowest BCUT2D eigenvalue weighted by Gasteiger charge is -2.07. The first kappa shape index (κ1) is 14.1. The molecule has 0 atom stereocenters. The van der Waals surface area contributed by atoms with Crippen molar-refractivity contribution in [3.05, 3.63) is 35.4 Å². The van der Waals surface area contributed by atoms with Crippen LogP contribution in [0.4, 0.5) is 0 Å². The van der Waals surface area contributed by atoms with E-state index in [0.717, 1.165) is 12.0 Å². The minimum Gasteiger partial charge on any atom is -0.348 e. The van der Waals surface area contributed by atoms with E-state index in [1.54, 1.807) is 0 Å². The zero-order chi connectivity index (χ0) is 14.3. The number of amides is 1. The second-order valence-electron chi connectivity index (χ2n) is 6.59. The zero-order valence-corrected chi connectivity index (χ0v) is 12.3. The quantitative estimate of drug-likeness (QED) is 0.873. The number of rotatable bonds is 4. The summed E-state index contributed by atoms with van der Waals surface area (Å²) in [6.07, 6.45) is 0.852. The molecule has 19 heavy (non-hydrogen) atoms. The minimum absolute atomic E-state index is 0.0166. The van der Waals surface area contributed by atoms with Crippen LogP contribution in [0.3, 0.4) is 0 Å². The molecule has 1 saturated carbocycles. The molecule has 3 heteroatoms. The first-order valence-electron chi connectivity index (χ1n) is 6.90. The van der Waals surface area contributed by atoms with E-state index in [2.05, 4.69) is 33.0 Å². The Labute approximate surface area is 115 Å². The van der Waals surface area contributed by atoms with Gasteiger partial charge in [0.05, 0.1) is 0 Å². The number of benzene rings is 1. The standard InChI is InChI=1S/C16H24N2O/c1-15(2)14(16(15,3)4)18-13(19)12-7-5-11(6-8-12)9-10-17/h5-8,14H,9-10,17H2,1-4H3,(H,18,19). The van der Waals surface area contributed by atoms with Crippen LogP contribution < -0.4 is 11.1 Å². The van der Waals surface area contributed by atoms with Crippen LogP contribution in [0.5, 0.6) is 0 Å². The smallest absolute Gasteiger partial charge is 0.251 e. The highest BCUT2D eigenvalue weighted by Gasteiger charge is 2.65. The fourth-order valence-corrected chi connectivity index (χ4v) is 2.76. The summed E-state index contributed by atoms with van der Waals surface area (Å²) in [7, 11) is 0. The fourth-order valence-electron chi connectivity index (χ4n) is 2.76. The van der Waals surface area contributed by atoms with Gasteiger partial charge in [-0.2, -0.15) is 0 Å². The maximum Gasteiger partial charge on any atom is 0.251 e. The highest BCUT2D eigenvalue weighted by molar-refractivity contribution is 5.94. The molecule has 1 amide bonds. The van der Waals surface area contributed by atoms with Crippen molar-refractivity contribution in [2.24, 2.45) is 16.6 Å².